The highest BCUT2D eigenvalue weighted by atomic mass is 16.5. The van der Waals surface area contributed by atoms with E-state index in [1.165, 1.54) is 25.7 Å². The Morgan fingerprint density at radius 1 is 1.24 bits per heavy atom. The van der Waals surface area contributed by atoms with Gasteiger partial charge < -0.3 is 19.9 Å². The normalized spacial score (nSPS) is 23.6. The lowest BCUT2D eigenvalue weighted by atomic mass is 9.86. The van der Waals surface area contributed by atoms with E-state index in [9.17, 15) is 5.11 Å². The van der Waals surface area contributed by atoms with E-state index in [-0.39, 0.29) is 0 Å². The summed E-state index contributed by atoms with van der Waals surface area (Å²) in [5.74, 6) is 2.11. The van der Waals surface area contributed by atoms with Gasteiger partial charge in [-0.2, -0.15) is 0 Å². The number of methoxy groups -OCH3 is 2. The molecule has 1 aliphatic carbocycles. The second kappa shape index (κ2) is 7.66. The first kappa shape index (κ1) is 16.1. The third-order valence-corrected chi connectivity index (χ3v) is 4.48. The van der Waals surface area contributed by atoms with E-state index in [0.29, 0.717) is 24.3 Å². The van der Waals surface area contributed by atoms with Crippen LogP contribution in [0.2, 0.25) is 0 Å². The molecule has 4 nitrogen and oxygen atoms in total. The molecule has 2 rings (SSSR count). The zero-order valence-electron chi connectivity index (χ0n) is 13.3. The van der Waals surface area contributed by atoms with Gasteiger partial charge in [-0.15, -0.1) is 0 Å². The summed E-state index contributed by atoms with van der Waals surface area (Å²) in [6.07, 6.45) is 4.48. The van der Waals surface area contributed by atoms with Crippen molar-refractivity contribution < 1.29 is 14.6 Å². The van der Waals surface area contributed by atoms with E-state index in [1.807, 2.05) is 18.2 Å². The maximum absolute atomic E-state index is 10.5. The largest absolute Gasteiger partial charge is 0.497 e. The molecule has 118 valence electrons. The maximum atomic E-state index is 10.5. The highest BCUT2D eigenvalue weighted by Crippen LogP contribution is 2.30. The first-order chi connectivity index (χ1) is 10.2. The molecule has 1 aromatic carbocycles. The smallest absolute Gasteiger partial charge is 0.124 e. The molecule has 1 aliphatic rings. The van der Waals surface area contributed by atoms with Crippen molar-refractivity contribution in [3.63, 3.8) is 0 Å². The molecule has 0 saturated heterocycles. The van der Waals surface area contributed by atoms with E-state index >= 15 is 0 Å². The van der Waals surface area contributed by atoms with Gasteiger partial charge in [-0.05, 0) is 37.0 Å². The molecule has 0 heterocycles. The Bertz CT molecular complexity index is 450. The van der Waals surface area contributed by atoms with Crippen molar-refractivity contribution in [3.05, 3.63) is 23.8 Å². The first-order valence-corrected chi connectivity index (χ1v) is 7.79. The molecule has 3 unspecified atom stereocenters. The van der Waals surface area contributed by atoms with Crippen LogP contribution in [0.3, 0.4) is 0 Å². The van der Waals surface area contributed by atoms with Crippen LogP contribution in [0.25, 0.3) is 0 Å². The fourth-order valence-electron chi connectivity index (χ4n) is 3.09. The average molecular weight is 293 g/mol. The monoisotopic (exact) mass is 293 g/mol. The highest BCUT2D eigenvalue weighted by molar-refractivity contribution is 5.41. The summed E-state index contributed by atoms with van der Waals surface area (Å²) in [4.78, 5) is 0. The fourth-order valence-corrected chi connectivity index (χ4v) is 3.09. The Kier molecular flexibility index (Phi) is 5.88. The van der Waals surface area contributed by atoms with Gasteiger partial charge in [0.2, 0.25) is 0 Å². The van der Waals surface area contributed by atoms with Gasteiger partial charge in [-0.1, -0.05) is 19.8 Å². The van der Waals surface area contributed by atoms with Crippen molar-refractivity contribution in [1.29, 1.82) is 0 Å². The number of nitrogens with one attached hydrogen (secondary N) is 1. The van der Waals surface area contributed by atoms with Gasteiger partial charge in [-0.25, -0.2) is 0 Å². The summed E-state index contributed by atoms with van der Waals surface area (Å²) < 4.78 is 10.6. The summed E-state index contributed by atoms with van der Waals surface area (Å²) in [6.45, 7) is 2.83. The minimum Gasteiger partial charge on any atom is -0.497 e. The van der Waals surface area contributed by atoms with Crippen LogP contribution in [0.5, 0.6) is 11.5 Å². The molecule has 2 N–H and O–H groups in total. The SMILES string of the molecule is COc1ccc(OC)c(C(O)CNC2CCCCC2C)c1. The third kappa shape index (κ3) is 4.11. The molecule has 0 aromatic heterocycles. The van der Waals surface area contributed by atoms with Gasteiger partial charge in [-0.3, -0.25) is 0 Å². The zero-order valence-corrected chi connectivity index (χ0v) is 13.3. The number of rotatable bonds is 6. The maximum Gasteiger partial charge on any atom is 0.124 e. The Labute approximate surface area is 127 Å². The zero-order chi connectivity index (χ0) is 15.2. The molecule has 0 bridgehead atoms. The van der Waals surface area contributed by atoms with Crippen molar-refractivity contribution in [2.75, 3.05) is 20.8 Å². The van der Waals surface area contributed by atoms with Crippen molar-refractivity contribution in [1.82, 2.24) is 5.32 Å². The molecule has 21 heavy (non-hydrogen) atoms. The van der Waals surface area contributed by atoms with Gasteiger partial charge in [0.05, 0.1) is 20.3 Å². The Balaban J connectivity index is 2.00. The van der Waals surface area contributed by atoms with Crippen molar-refractivity contribution in [2.45, 2.75) is 44.8 Å². The van der Waals surface area contributed by atoms with Crippen molar-refractivity contribution >= 4 is 0 Å². The second-order valence-electron chi connectivity index (χ2n) is 5.90. The van der Waals surface area contributed by atoms with Crippen LogP contribution in [0, 0.1) is 5.92 Å². The molecule has 4 heteroatoms. The topological polar surface area (TPSA) is 50.7 Å². The average Bonchev–Trinajstić information content (AvgIpc) is 2.53. The predicted molar refractivity (Wildman–Crippen MR) is 83.9 cm³/mol. The van der Waals surface area contributed by atoms with Crippen LogP contribution in [0.4, 0.5) is 0 Å². The number of benzene rings is 1. The first-order valence-electron chi connectivity index (χ1n) is 7.79. The predicted octanol–water partition coefficient (Wildman–Crippen LogP) is 2.91. The van der Waals surface area contributed by atoms with E-state index in [1.54, 1.807) is 14.2 Å². The molecule has 1 saturated carbocycles. The van der Waals surface area contributed by atoms with Gasteiger partial charge in [0.15, 0.2) is 0 Å². The van der Waals surface area contributed by atoms with Crippen LogP contribution in [-0.4, -0.2) is 31.9 Å². The molecule has 0 spiro atoms. The number of aliphatic hydroxyl groups is 1. The molecule has 0 aliphatic heterocycles. The summed E-state index contributed by atoms with van der Waals surface area (Å²) >= 11 is 0. The summed E-state index contributed by atoms with van der Waals surface area (Å²) in [5.41, 5.74) is 0.771. The van der Waals surface area contributed by atoms with Crippen LogP contribution in [0.1, 0.15) is 44.3 Å². The Morgan fingerprint density at radius 2 is 2.00 bits per heavy atom. The van der Waals surface area contributed by atoms with Gasteiger partial charge in [0.25, 0.3) is 0 Å². The van der Waals surface area contributed by atoms with E-state index < -0.39 is 6.10 Å². The number of hydrogen-bond donors (Lipinski definition) is 2. The highest BCUT2D eigenvalue weighted by Gasteiger charge is 2.22. The Morgan fingerprint density at radius 3 is 2.67 bits per heavy atom. The molecule has 3 atom stereocenters. The number of ether oxygens (including phenoxy) is 2. The second-order valence-corrected chi connectivity index (χ2v) is 5.90. The quantitative estimate of drug-likeness (QED) is 0.847. The van der Waals surface area contributed by atoms with Crippen molar-refractivity contribution in [2.24, 2.45) is 5.92 Å². The van der Waals surface area contributed by atoms with Crippen molar-refractivity contribution in [3.8, 4) is 11.5 Å². The lowest BCUT2D eigenvalue weighted by molar-refractivity contribution is 0.154. The minimum atomic E-state index is -0.593. The summed E-state index contributed by atoms with van der Waals surface area (Å²) in [6, 6.07) is 6.02. The van der Waals surface area contributed by atoms with Gasteiger partial charge in [0, 0.05) is 18.2 Å². The van der Waals surface area contributed by atoms with Crippen LogP contribution in [-0.2, 0) is 0 Å². The molecule has 1 fully saturated rings. The summed E-state index contributed by atoms with van der Waals surface area (Å²) in [5, 5.41) is 14.0. The van der Waals surface area contributed by atoms with E-state index in [4.69, 9.17) is 9.47 Å². The molecular formula is C17H27NO3. The number of aliphatic hydroxyl groups excluding tert-OH is 1. The lowest BCUT2D eigenvalue weighted by Gasteiger charge is -2.30. The molecule has 0 radical (unpaired) electrons. The lowest BCUT2D eigenvalue weighted by Crippen LogP contribution is -2.39. The summed E-state index contributed by atoms with van der Waals surface area (Å²) in [7, 11) is 3.24. The molecule has 1 aromatic rings. The van der Waals surface area contributed by atoms with E-state index in [0.717, 1.165) is 11.3 Å². The van der Waals surface area contributed by atoms with Gasteiger partial charge in [0.1, 0.15) is 11.5 Å². The van der Waals surface area contributed by atoms with Crippen LogP contribution in [0.15, 0.2) is 18.2 Å². The fraction of sp³-hybridized carbons (Fsp3) is 0.647. The minimum absolute atomic E-state index is 0.505. The molecule has 0 amide bonds. The standard InChI is InChI=1S/C17H27NO3/c1-12-6-4-5-7-15(12)18-11-16(19)14-10-13(20-2)8-9-17(14)21-3/h8-10,12,15-16,18-19H,4-7,11H2,1-3H3. The van der Waals surface area contributed by atoms with Gasteiger partial charge >= 0.3 is 0 Å². The van der Waals surface area contributed by atoms with Crippen LogP contribution < -0.4 is 14.8 Å². The third-order valence-electron chi connectivity index (χ3n) is 4.48. The molecular weight excluding hydrogens is 266 g/mol. The Hall–Kier alpha value is -1.26. The number of hydrogen-bond acceptors (Lipinski definition) is 4. The van der Waals surface area contributed by atoms with Crippen LogP contribution >= 0.6 is 0 Å². The van der Waals surface area contributed by atoms with E-state index in [2.05, 4.69) is 12.2 Å².